The van der Waals surface area contributed by atoms with Gasteiger partial charge >= 0.3 is 11.8 Å². The maximum absolute atomic E-state index is 14.2. The van der Waals surface area contributed by atoms with Crippen LogP contribution in [0.15, 0.2) is 35.3 Å². The van der Waals surface area contributed by atoms with Crippen molar-refractivity contribution in [1.82, 2.24) is 10.2 Å². The molecule has 152 valence electrons. The number of hydrogen-bond donors (Lipinski definition) is 1. The molecule has 1 aromatic carbocycles. The molecule has 0 bridgehead atoms. The first-order chi connectivity index (χ1) is 13.0. The van der Waals surface area contributed by atoms with Crippen LogP contribution in [0.3, 0.4) is 0 Å². The molecular weight excluding hydrogens is 371 g/mol. The quantitative estimate of drug-likeness (QED) is 0.849. The van der Waals surface area contributed by atoms with Crippen LogP contribution < -0.4 is 5.32 Å². The number of carbonyl (C=O) groups is 2. The summed E-state index contributed by atoms with van der Waals surface area (Å²) in [7, 11) is 0. The lowest BCUT2D eigenvalue weighted by molar-refractivity contribution is -0.201. The lowest BCUT2D eigenvalue weighted by Gasteiger charge is -2.33. The van der Waals surface area contributed by atoms with Crippen molar-refractivity contribution >= 4 is 17.6 Å². The van der Waals surface area contributed by atoms with Gasteiger partial charge in [0.2, 0.25) is 5.91 Å². The van der Waals surface area contributed by atoms with Crippen molar-refractivity contribution in [3.05, 3.63) is 35.9 Å². The highest BCUT2D eigenvalue weighted by atomic mass is 19.4. The number of rotatable bonds is 3. The normalized spacial score (nSPS) is 23.9. The van der Waals surface area contributed by atoms with Crippen LogP contribution >= 0.6 is 0 Å². The molecular formula is C20H24F3N3O2. The zero-order valence-corrected chi connectivity index (χ0v) is 16.1. The number of amides is 2. The van der Waals surface area contributed by atoms with Gasteiger partial charge in [-0.3, -0.25) is 14.5 Å². The van der Waals surface area contributed by atoms with Crippen LogP contribution in [0.5, 0.6) is 0 Å². The Hall–Kier alpha value is -2.38. The summed E-state index contributed by atoms with van der Waals surface area (Å²) in [5, 5.41) is 1.93. The van der Waals surface area contributed by atoms with Gasteiger partial charge in [-0.1, -0.05) is 63.9 Å². The molecule has 1 atom stereocenters. The second-order valence-corrected chi connectivity index (χ2v) is 8.33. The Morgan fingerprint density at radius 3 is 2.21 bits per heavy atom. The van der Waals surface area contributed by atoms with Gasteiger partial charge in [0.25, 0.3) is 5.91 Å². The number of hydrogen-bond acceptors (Lipinski definition) is 3. The smallest absolute Gasteiger partial charge is 0.316 e. The zero-order valence-electron chi connectivity index (χ0n) is 16.1. The summed E-state index contributed by atoms with van der Waals surface area (Å²) in [4.78, 5) is 30.6. The molecule has 5 nitrogen and oxygen atoms in total. The van der Waals surface area contributed by atoms with E-state index in [1.807, 2.05) is 5.32 Å². The second kappa shape index (κ2) is 6.90. The molecule has 0 radical (unpaired) electrons. The molecule has 1 heterocycles. The van der Waals surface area contributed by atoms with Crippen molar-refractivity contribution in [2.24, 2.45) is 10.4 Å². The first-order valence-corrected chi connectivity index (χ1v) is 9.36. The molecule has 1 aliphatic carbocycles. The predicted octanol–water partition coefficient (Wildman–Crippen LogP) is 3.64. The molecule has 1 aliphatic heterocycles. The van der Waals surface area contributed by atoms with E-state index in [1.54, 1.807) is 30.3 Å². The second-order valence-electron chi connectivity index (χ2n) is 8.33. The minimum Gasteiger partial charge on any atom is -0.316 e. The van der Waals surface area contributed by atoms with Crippen molar-refractivity contribution in [3.63, 3.8) is 0 Å². The Bertz CT molecular complexity index is 793. The third-order valence-electron chi connectivity index (χ3n) is 5.14. The number of aliphatic imine (C=N–C) groups is 1. The molecule has 1 aromatic rings. The summed E-state index contributed by atoms with van der Waals surface area (Å²) in [6.07, 6.45) is -2.18. The number of nitrogens with zero attached hydrogens (tertiary/aromatic N) is 2. The molecule has 0 spiro atoms. The SMILES string of the molecule is CC(C)(C)C(=O)N[C@]1(C(F)(F)F)N=C(c2ccccc2)N(C2CCCC2)C1=O. The number of carbonyl (C=O) groups excluding carboxylic acids is 2. The van der Waals surface area contributed by atoms with Gasteiger partial charge in [0, 0.05) is 17.0 Å². The van der Waals surface area contributed by atoms with E-state index in [9.17, 15) is 22.8 Å². The average Bonchev–Trinajstić information content (AvgIpc) is 3.21. The van der Waals surface area contributed by atoms with Crippen molar-refractivity contribution in [2.45, 2.75) is 64.3 Å². The fraction of sp³-hybridized carbons (Fsp3) is 0.550. The van der Waals surface area contributed by atoms with Crippen LogP contribution in [0, 0.1) is 5.41 Å². The molecule has 1 saturated carbocycles. The fourth-order valence-corrected chi connectivity index (χ4v) is 3.51. The molecule has 28 heavy (non-hydrogen) atoms. The van der Waals surface area contributed by atoms with Crippen LogP contribution in [0.25, 0.3) is 0 Å². The molecule has 0 saturated heterocycles. The van der Waals surface area contributed by atoms with E-state index in [0.29, 0.717) is 18.4 Å². The number of halogens is 3. The predicted molar refractivity (Wildman–Crippen MR) is 98.5 cm³/mol. The summed E-state index contributed by atoms with van der Waals surface area (Å²) >= 11 is 0. The minimum atomic E-state index is -5.07. The van der Waals surface area contributed by atoms with Crippen molar-refractivity contribution in [1.29, 1.82) is 0 Å². The van der Waals surface area contributed by atoms with Crippen molar-refractivity contribution in [3.8, 4) is 0 Å². The van der Waals surface area contributed by atoms with Crippen LogP contribution in [0.2, 0.25) is 0 Å². The Morgan fingerprint density at radius 1 is 1.14 bits per heavy atom. The Kier molecular flexibility index (Phi) is 5.02. The van der Waals surface area contributed by atoms with Gasteiger partial charge in [-0.2, -0.15) is 13.2 Å². The average molecular weight is 395 g/mol. The number of amidine groups is 1. The lowest BCUT2D eigenvalue weighted by atomic mass is 9.94. The Balaban J connectivity index is 2.14. The van der Waals surface area contributed by atoms with Crippen LogP contribution in [-0.4, -0.2) is 40.4 Å². The van der Waals surface area contributed by atoms with E-state index in [0.717, 1.165) is 17.7 Å². The molecule has 0 unspecified atom stereocenters. The van der Waals surface area contributed by atoms with Gasteiger partial charge in [-0.25, -0.2) is 4.99 Å². The zero-order chi connectivity index (χ0) is 20.7. The highest BCUT2D eigenvalue weighted by Crippen LogP contribution is 2.41. The van der Waals surface area contributed by atoms with Crippen molar-refractivity contribution < 1.29 is 22.8 Å². The standard InChI is InChI=1S/C20H24F3N3O2/c1-18(2,3)16(27)25-19(20(21,22)23)17(28)26(14-11-7-8-12-14)15(24-19)13-9-5-4-6-10-13/h4-6,9-10,14H,7-8,11-12H2,1-3H3,(H,25,27)/t19-/m1/s1. The summed E-state index contributed by atoms with van der Waals surface area (Å²) in [5.41, 5.74) is -3.99. The third kappa shape index (κ3) is 3.40. The lowest BCUT2D eigenvalue weighted by Crippen LogP contribution is -2.65. The highest BCUT2D eigenvalue weighted by molar-refractivity contribution is 6.16. The van der Waals surface area contributed by atoms with Crippen LogP contribution in [-0.2, 0) is 9.59 Å². The molecule has 3 rings (SSSR count). The van der Waals surface area contributed by atoms with Gasteiger partial charge in [0.05, 0.1) is 0 Å². The summed E-state index contributed by atoms with van der Waals surface area (Å²) in [6.45, 7) is 4.47. The molecule has 0 aromatic heterocycles. The maximum Gasteiger partial charge on any atom is 0.442 e. The van der Waals surface area contributed by atoms with Crippen LogP contribution in [0.4, 0.5) is 13.2 Å². The molecule has 2 aliphatic rings. The van der Waals surface area contributed by atoms with Gasteiger partial charge < -0.3 is 5.32 Å². The van der Waals surface area contributed by atoms with E-state index in [2.05, 4.69) is 4.99 Å². The van der Waals surface area contributed by atoms with E-state index in [1.165, 1.54) is 20.8 Å². The summed E-state index contributed by atoms with van der Waals surface area (Å²) in [5.74, 6) is -2.16. The monoisotopic (exact) mass is 395 g/mol. The minimum absolute atomic E-state index is 0.0379. The number of nitrogens with one attached hydrogen (secondary N) is 1. The van der Waals surface area contributed by atoms with E-state index in [4.69, 9.17) is 0 Å². The molecule has 1 fully saturated rings. The van der Waals surface area contributed by atoms with Gasteiger partial charge in [-0.05, 0) is 12.8 Å². The topological polar surface area (TPSA) is 61.8 Å². The first kappa shape index (κ1) is 20.4. The maximum atomic E-state index is 14.2. The molecule has 1 N–H and O–H groups in total. The number of alkyl halides is 3. The summed E-state index contributed by atoms with van der Waals surface area (Å²) in [6, 6.07) is 7.96. The summed E-state index contributed by atoms with van der Waals surface area (Å²) < 4.78 is 42.6. The molecule has 2 amide bonds. The molecule has 8 heteroatoms. The van der Waals surface area contributed by atoms with Gasteiger partial charge in [0.15, 0.2) is 0 Å². The van der Waals surface area contributed by atoms with E-state index >= 15 is 0 Å². The number of benzene rings is 1. The van der Waals surface area contributed by atoms with E-state index < -0.39 is 29.1 Å². The van der Waals surface area contributed by atoms with Crippen molar-refractivity contribution in [2.75, 3.05) is 0 Å². The van der Waals surface area contributed by atoms with Gasteiger partial charge in [0.1, 0.15) is 5.84 Å². The Labute approximate surface area is 162 Å². The third-order valence-corrected chi connectivity index (χ3v) is 5.14. The van der Waals surface area contributed by atoms with Crippen LogP contribution in [0.1, 0.15) is 52.0 Å². The first-order valence-electron chi connectivity index (χ1n) is 9.36. The fourth-order valence-electron chi connectivity index (χ4n) is 3.51. The highest BCUT2D eigenvalue weighted by Gasteiger charge is 2.68. The van der Waals surface area contributed by atoms with Gasteiger partial charge in [-0.15, -0.1) is 0 Å². The largest absolute Gasteiger partial charge is 0.442 e. The Morgan fingerprint density at radius 2 is 1.71 bits per heavy atom. The van der Waals surface area contributed by atoms with E-state index in [-0.39, 0.29) is 11.9 Å².